The molecule has 0 aromatic heterocycles. The van der Waals surface area contributed by atoms with Crippen LogP contribution in [0.15, 0.2) is 18.2 Å². The highest BCUT2D eigenvalue weighted by atomic mass is 127. The lowest BCUT2D eigenvalue weighted by molar-refractivity contribution is 0.000635. The SMILES string of the molecule is CC[C@@H]1CN(C(=O)OC(C)(C)C)CCN1C(=O)OCc1cc(I)ccc1F. The zero-order valence-electron chi connectivity index (χ0n) is 16.1. The minimum Gasteiger partial charge on any atom is -0.444 e. The van der Waals surface area contributed by atoms with Gasteiger partial charge in [0.15, 0.2) is 0 Å². The summed E-state index contributed by atoms with van der Waals surface area (Å²) in [5, 5.41) is 0. The van der Waals surface area contributed by atoms with Crippen molar-refractivity contribution >= 4 is 34.8 Å². The summed E-state index contributed by atoms with van der Waals surface area (Å²) in [6, 6.07) is 4.50. The Bertz CT molecular complexity index is 693. The number of ether oxygens (including phenoxy) is 2. The van der Waals surface area contributed by atoms with Gasteiger partial charge in [-0.1, -0.05) is 6.92 Å². The molecule has 8 heteroatoms. The predicted octanol–water partition coefficient (Wildman–Crippen LogP) is 4.40. The van der Waals surface area contributed by atoms with Gasteiger partial charge in [-0.2, -0.15) is 0 Å². The van der Waals surface area contributed by atoms with Gasteiger partial charge in [-0.25, -0.2) is 14.0 Å². The molecule has 0 spiro atoms. The summed E-state index contributed by atoms with van der Waals surface area (Å²) in [5.74, 6) is -0.398. The highest BCUT2D eigenvalue weighted by Crippen LogP contribution is 2.19. The van der Waals surface area contributed by atoms with E-state index in [4.69, 9.17) is 9.47 Å². The van der Waals surface area contributed by atoms with E-state index in [0.717, 1.165) is 3.57 Å². The number of carbonyl (C=O) groups is 2. The van der Waals surface area contributed by atoms with Crippen molar-refractivity contribution in [2.24, 2.45) is 0 Å². The number of halogens is 2. The van der Waals surface area contributed by atoms with E-state index in [9.17, 15) is 14.0 Å². The highest BCUT2D eigenvalue weighted by molar-refractivity contribution is 14.1. The van der Waals surface area contributed by atoms with E-state index in [2.05, 4.69) is 22.6 Å². The van der Waals surface area contributed by atoms with E-state index in [1.165, 1.54) is 6.07 Å². The molecular formula is C19H26FIN2O4. The molecule has 2 amide bonds. The van der Waals surface area contributed by atoms with Gasteiger partial charge in [0.2, 0.25) is 0 Å². The van der Waals surface area contributed by atoms with Crippen molar-refractivity contribution in [3.63, 3.8) is 0 Å². The van der Waals surface area contributed by atoms with Crippen molar-refractivity contribution in [2.75, 3.05) is 19.6 Å². The molecule has 1 saturated heterocycles. The number of benzene rings is 1. The summed E-state index contributed by atoms with van der Waals surface area (Å²) in [4.78, 5) is 28.0. The Labute approximate surface area is 173 Å². The van der Waals surface area contributed by atoms with Gasteiger partial charge in [-0.3, -0.25) is 0 Å². The van der Waals surface area contributed by atoms with Crippen LogP contribution in [0.25, 0.3) is 0 Å². The molecule has 0 radical (unpaired) electrons. The number of amides is 2. The Morgan fingerprint density at radius 3 is 2.59 bits per heavy atom. The zero-order valence-corrected chi connectivity index (χ0v) is 18.3. The first-order chi connectivity index (χ1) is 12.6. The summed E-state index contributed by atoms with van der Waals surface area (Å²) in [5.41, 5.74) is -0.220. The van der Waals surface area contributed by atoms with Gasteiger partial charge in [0.1, 0.15) is 18.0 Å². The van der Waals surface area contributed by atoms with E-state index >= 15 is 0 Å². The first-order valence-corrected chi connectivity index (χ1v) is 10.0. The maximum absolute atomic E-state index is 13.8. The summed E-state index contributed by atoms with van der Waals surface area (Å²) < 4.78 is 25.4. The molecule has 0 N–H and O–H groups in total. The van der Waals surface area contributed by atoms with Gasteiger partial charge < -0.3 is 19.3 Å². The second-order valence-corrected chi connectivity index (χ2v) is 8.72. The molecule has 0 aliphatic carbocycles. The standard InChI is InChI=1S/C19H26FIN2O4/c1-5-15-11-22(17(24)27-19(2,3)4)8-9-23(15)18(25)26-12-13-10-14(21)6-7-16(13)20/h6-7,10,15H,5,8-9,11-12H2,1-4H3/t15-/m1/s1. The first kappa shape index (κ1) is 21.7. The third-order valence-electron chi connectivity index (χ3n) is 4.20. The van der Waals surface area contributed by atoms with Gasteiger partial charge in [-0.15, -0.1) is 0 Å². The fourth-order valence-electron chi connectivity index (χ4n) is 2.81. The Balaban J connectivity index is 1.95. The number of hydrogen-bond donors (Lipinski definition) is 0. The Hall–Kier alpha value is -1.58. The molecule has 1 aliphatic heterocycles. The molecule has 150 valence electrons. The van der Waals surface area contributed by atoms with E-state index in [1.807, 2.05) is 27.7 Å². The van der Waals surface area contributed by atoms with E-state index in [-0.39, 0.29) is 18.7 Å². The number of hydrogen-bond acceptors (Lipinski definition) is 4. The molecule has 0 unspecified atom stereocenters. The van der Waals surface area contributed by atoms with Crippen LogP contribution in [-0.2, 0) is 16.1 Å². The van der Waals surface area contributed by atoms with E-state index in [1.54, 1.807) is 21.9 Å². The predicted molar refractivity (Wildman–Crippen MR) is 108 cm³/mol. The number of piperazine rings is 1. The number of nitrogens with zero attached hydrogens (tertiary/aromatic N) is 2. The van der Waals surface area contributed by atoms with Gasteiger partial charge in [0.25, 0.3) is 0 Å². The lowest BCUT2D eigenvalue weighted by Gasteiger charge is -2.40. The third-order valence-corrected chi connectivity index (χ3v) is 4.87. The monoisotopic (exact) mass is 492 g/mol. The lowest BCUT2D eigenvalue weighted by atomic mass is 10.1. The van der Waals surface area contributed by atoms with Crippen LogP contribution in [0.5, 0.6) is 0 Å². The molecule has 6 nitrogen and oxygen atoms in total. The first-order valence-electron chi connectivity index (χ1n) is 8.96. The maximum atomic E-state index is 13.8. The van der Waals surface area contributed by atoms with Crippen molar-refractivity contribution in [2.45, 2.75) is 52.4 Å². The van der Waals surface area contributed by atoms with Crippen LogP contribution in [0.3, 0.4) is 0 Å². The molecule has 2 rings (SSSR count). The van der Waals surface area contributed by atoms with E-state index < -0.39 is 17.5 Å². The topological polar surface area (TPSA) is 59.1 Å². The Kier molecular flexibility index (Phi) is 7.30. The second-order valence-electron chi connectivity index (χ2n) is 7.47. The van der Waals surface area contributed by atoms with Crippen LogP contribution in [0.1, 0.15) is 39.7 Å². The third kappa shape index (κ3) is 6.22. The molecule has 27 heavy (non-hydrogen) atoms. The molecule has 1 aliphatic rings. The minimum absolute atomic E-state index is 0.121. The van der Waals surface area contributed by atoms with Crippen LogP contribution in [-0.4, -0.2) is 53.3 Å². The normalized spacial score (nSPS) is 17.6. The molecular weight excluding hydrogens is 466 g/mol. The molecule has 1 fully saturated rings. The van der Waals surface area contributed by atoms with Gasteiger partial charge >= 0.3 is 12.2 Å². The van der Waals surface area contributed by atoms with Gasteiger partial charge in [0.05, 0.1) is 6.04 Å². The summed E-state index contributed by atoms with van der Waals surface area (Å²) in [7, 11) is 0. The van der Waals surface area contributed by atoms with Crippen molar-refractivity contribution in [1.82, 2.24) is 9.80 Å². The molecule has 1 heterocycles. The second kappa shape index (κ2) is 9.07. The van der Waals surface area contributed by atoms with Crippen molar-refractivity contribution < 1.29 is 23.5 Å². The number of rotatable bonds is 3. The molecule has 1 atom stereocenters. The van der Waals surface area contributed by atoms with Crippen molar-refractivity contribution in [3.8, 4) is 0 Å². The molecule has 1 aromatic rings. The molecule has 0 bridgehead atoms. The fraction of sp³-hybridized carbons (Fsp3) is 0.579. The van der Waals surface area contributed by atoms with E-state index in [0.29, 0.717) is 31.6 Å². The van der Waals surface area contributed by atoms with Crippen LogP contribution < -0.4 is 0 Å². The minimum atomic E-state index is -0.563. The summed E-state index contributed by atoms with van der Waals surface area (Å²) >= 11 is 2.08. The van der Waals surface area contributed by atoms with Crippen molar-refractivity contribution in [1.29, 1.82) is 0 Å². The number of carbonyl (C=O) groups excluding carboxylic acids is 2. The average Bonchev–Trinajstić information content (AvgIpc) is 2.60. The van der Waals surface area contributed by atoms with Crippen LogP contribution in [0.4, 0.5) is 14.0 Å². The van der Waals surface area contributed by atoms with Gasteiger partial charge in [-0.05, 0) is 68.0 Å². The van der Waals surface area contributed by atoms with Crippen LogP contribution in [0.2, 0.25) is 0 Å². The summed E-state index contributed by atoms with van der Waals surface area (Å²) in [6.07, 6.45) is -0.203. The highest BCUT2D eigenvalue weighted by Gasteiger charge is 2.34. The quantitative estimate of drug-likeness (QED) is 0.588. The Morgan fingerprint density at radius 1 is 1.26 bits per heavy atom. The van der Waals surface area contributed by atoms with Crippen molar-refractivity contribution in [3.05, 3.63) is 33.1 Å². The maximum Gasteiger partial charge on any atom is 0.410 e. The molecule has 1 aromatic carbocycles. The largest absolute Gasteiger partial charge is 0.444 e. The molecule has 0 saturated carbocycles. The fourth-order valence-corrected chi connectivity index (χ4v) is 3.37. The van der Waals surface area contributed by atoms with Crippen LogP contribution in [0, 0.1) is 9.39 Å². The smallest absolute Gasteiger partial charge is 0.410 e. The van der Waals surface area contributed by atoms with Crippen LogP contribution >= 0.6 is 22.6 Å². The van der Waals surface area contributed by atoms with Gasteiger partial charge in [0, 0.05) is 28.8 Å². The summed E-state index contributed by atoms with van der Waals surface area (Å²) in [6.45, 7) is 8.40. The lowest BCUT2D eigenvalue weighted by Crippen LogP contribution is -2.57. The Morgan fingerprint density at radius 2 is 1.96 bits per heavy atom. The average molecular weight is 492 g/mol. The zero-order chi connectivity index (χ0) is 20.2.